The molecule has 0 fully saturated rings. The highest BCUT2D eigenvalue weighted by atomic mass is 16.1. The predicted molar refractivity (Wildman–Crippen MR) is 73.2 cm³/mol. The molecule has 0 bridgehead atoms. The molecule has 0 radical (unpaired) electrons. The average molecular weight is 228 g/mol. The molecule has 90 valence electrons. The van der Waals surface area contributed by atoms with Crippen LogP contribution in [-0.4, -0.2) is 5.78 Å². The Morgan fingerprint density at radius 2 is 1.76 bits per heavy atom. The molecule has 0 heterocycles. The normalized spacial score (nSPS) is 13.4. The summed E-state index contributed by atoms with van der Waals surface area (Å²) in [5.41, 5.74) is 1.59. The van der Waals surface area contributed by atoms with Crippen molar-refractivity contribution in [3.05, 3.63) is 59.7 Å². The van der Waals surface area contributed by atoms with Gasteiger partial charge in [-0.05, 0) is 12.8 Å². The van der Waals surface area contributed by atoms with Gasteiger partial charge >= 0.3 is 0 Å². The summed E-state index contributed by atoms with van der Waals surface area (Å²) in [7, 11) is 0. The van der Waals surface area contributed by atoms with Crippen LogP contribution in [0.3, 0.4) is 0 Å². The monoisotopic (exact) mass is 228 g/mol. The smallest absolute Gasteiger partial charge is 0.192 e. The van der Waals surface area contributed by atoms with Crippen LogP contribution in [-0.2, 0) is 0 Å². The topological polar surface area (TPSA) is 17.1 Å². The number of Topliss-reactive ketones (excluding diaryl/α,β-unsaturated/α-hetero) is 1. The Balaban J connectivity index is 0.000000437. The van der Waals surface area contributed by atoms with Gasteiger partial charge in [0.2, 0.25) is 0 Å². The molecular weight excluding hydrogens is 208 g/mol. The molecule has 1 aliphatic carbocycles. The molecule has 0 amide bonds. The Morgan fingerprint density at radius 1 is 1.12 bits per heavy atom. The third-order valence-corrected chi connectivity index (χ3v) is 2.29. The molecule has 0 aromatic heterocycles. The first-order valence-electron chi connectivity index (χ1n) is 6.26. The van der Waals surface area contributed by atoms with Crippen molar-refractivity contribution in [1.29, 1.82) is 0 Å². The first-order chi connectivity index (χ1) is 8.29. The van der Waals surface area contributed by atoms with Gasteiger partial charge in [0.1, 0.15) is 0 Å². The summed E-state index contributed by atoms with van der Waals surface area (Å²) in [6.45, 7) is 4.25. The molecule has 1 aromatic rings. The van der Waals surface area contributed by atoms with Crippen LogP contribution in [0.2, 0.25) is 0 Å². The molecule has 2 rings (SSSR count). The van der Waals surface area contributed by atoms with E-state index in [4.69, 9.17) is 0 Å². The number of carbonyl (C=O) groups excluding carboxylic acids is 1. The zero-order valence-corrected chi connectivity index (χ0v) is 10.6. The van der Waals surface area contributed by atoms with E-state index in [0.717, 1.165) is 24.0 Å². The minimum absolute atomic E-state index is 0.126. The minimum atomic E-state index is 0.126. The van der Waals surface area contributed by atoms with Gasteiger partial charge in [0.25, 0.3) is 0 Å². The lowest BCUT2D eigenvalue weighted by atomic mass is 9.98. The Labute approximate surface area is 104 Å². The van der Waals surface area contributed by atoms with Crippen LogP contribution >= 0.6 is 0 Å². The molecule has 0 aliphatic heterocycles. The highest BCUT2D eigenvalue weighted by molar-refractivity contribution is 6.10. The summed E-state index contributed by atoms with van der Waals surface area (Å²) in [5.74, 6) is 0.126. The molecule has 1 heteroatoms. The Kier molecular flexibility index (Phi) is 6.02. The Bertz CT molecular complexity index is 399. The molecule has 0 atom stereocenters. The number of hydrogen-bond donors (Lipinski definition) is 0. The summed E-state index contributed by atoms with van der Waals surface area (Å²) in [4.78, 5) is 11.9. The molecule has 0 spiro atoms. The number of rotatable bonds is 2. The first kappa shape index (κ1) is 13.4. The van der Waals surface area contributed by atoms with Crippen LogP contribution < -0.4 is 0 Å². The van der Waals surface area contributed by atoms with Gasteiger partial charge in [-0.1, -0.05) is 68.8 Å². The van der Waals surface area contributed by atoms with Crippen molar-refractivity contribution in [2.24, 2.45) is 0 Å². The predicted octanol–water partition coefficient (Wildman–Crippen LogP) is 4.56. The van der Waals surface area contributed by atoms with Crippen LogP contribution in [0, 0.1) is 0 Å². The van der Waals surface area contributed by atoms with Gasteiger partial charge in [-0.15, -0.1) is 0 Å². The van der Waals surface area contributed by atoms with Crippen LogP contribution in [0.1, 0.15) is 43.5 Å². The van der Waals surface area contributed by atoms with Gasteiger partial charge in [0.05, 0.1) is 0 Å². The van der Waals surface area contributed by atoms with Crippen molar-refractivity contribution in [1.82, 2.24) is 0 Å². The average Bonchev–Trinajstić information content (AvgIpc) is 2.41. The van der Waals surface area contributed by atoms with Crippen LogP contribution in [0.5, 0.6) is 0 Å². The molecular formula is C16H20O. The third kappa shape index (κ3) is 4.39. The van der Waals surface area contributed by atoms with Crippen molar-refractivity contribution in [3.63, 3.8) is 0 Å². The third-order valence-electron chi connectivity index (χ3n) is 2.29. The molecule has 17 heavy (non-hydrogen) atoms. The van der Waals surface area contributed by atoms with Gasteiger partial charge < -0.3 is 0 Å². The number of benzene rings is 1. The summed E-state index contributed by atoms with van der Waals surface area (Å²) >= 11 is 0. The maximum atomic E-state index is 11.9. The quantitative estimate of drug-likeness (QED) is 0.678. The van der Waals surface area contributed by atoms with E-state index in [9.17, 15) is 4.79 Å². The summed E-state index contributed by atoms with van der Waals surface area (Å²) in [5, 5.41) is 0. The fraction of sp³-hybridized carbons (Fsp3) is 0.312. The maximum Gasteiger partial charge on any atom is 0.192 e. The Hall–Kier alpha value is -1.63. The summed E-state index contributed by atoms with van der Waals surface area (Å²) in [6, 6.07) is 9.40. The molecule has 1 aliphatic rings. The summed E-state index contributed by atoms with van der Waals surface area (Å²) in [6.07, 6.45) is 9.25. The highest BCUT2D eigenvalue weighted by Gasteiger charge is 2.09. The second-order valence-corrected chi connectivity index (χ2v) is 4.04. The number of allylic oxidation sites excluding steroid dienone is 4. The van der Waals surface area contributed by atoms with E-state index in [1.165, 1.54) is 6.42 Å². The van der Waals surface area contributed by atoms with E-state index in [0.29, 0.717) is 0 Å². The van der Waals surface area contributed by atoms with Gasteiger partial charge in [0.15, 0.2) is 5.78 Å². The van der Waals surface area contributed by atoms with E-state index in [2.05, 4.69) is 19.9 Å². The molecule has 0 N–H and O–H groups in total. The lowest BCUT2D eigenvalue weighted by Gasteiger charge is -2.05. The van der Waals surface area contributed by atoms with Gasteiger partial charge in [0, 0.05) is 11.1 Å². The Morgan fingerprint density at radius 3 is 2.29 bits per heavy atom. The summed E-state index contributed by atoms with van der Waals surface area (Å²) < 4.78 is 0. The molecule has 1 nitrogen and oxygen atoms in total. The standard InChI is InChI=1S/C13H12O.C3H8/c14-13(11-7-3-1-4-8-11)12-9-5-2-6-10-12;1-3-2/h1,3-5,7-10H,2,6H2;3H2,1-2H3. The first-order valence-corrected chi connectivity index (χ1v) is 6.26. The van der Waals surface area contributed by atoms with Crippen molar-refractivity contribution in [3.8, 4) is 0 Å². The number of ketones is 1. The van der Waals surface area contributed by atoms with Crippen molar-refractivity contribution >= 4 is 5.78 Å². The van der Waals surface area contributed by atoms with E-state index < -0.39 is 0 Å². The van der Waals surface area contributed by atoms with E-state index in [1.54, 1.807) is 0 Å². The maximum absolute atomic E-state index is 11.9. The fourth-order valence-electron chi connectivity index (χ4n) is 1.54. The largest absolute Gasteiger partial charge is 0.289 e. The van der Waals surface area contributed by atoms with Crippen LogP contribution in [0.25, 0.3) is 0 Å². The van der Waals surface area contributed by atoms with Gasteiger partial charge in [-0.25, -0.2) is 0 Å². The second-order valence-electron chi connectivity index (χ2n) is 4.04. The zero-order valence-electron chi connectivity index (χ0n) is 10.6. The molecule has 0 saturated heterocycles. The van der Waals surface area contributed by atoms with E-state index >= 15 is 0 Å². The number of carbonyl (C=O) groups is 1. The van der Waals surface area contributed by atoms with E-state index in [1.807, 2.05) is 42.5 Å². The fourth-order valence-corrected chi connectivity index (χ4v) is 1.54. The zero-order chi connectivity index (χ0) is 12.5. The lowest BCUT2D eigenvalue weighted by molar-refractivity contribution is 0.103. The number of hydrogen-bond acceptors (Lipinski definition) is 1. The van der Waals surface area contributed by atoms with Crippen LogP contribution in [0.4, 0.5) is 0 Å². The van der Waals surface area contributed by atoms with Crippen molar-refractivity contribution < 1.29 is 4.79 Å². The highest BCUT2D eigenvalue weighted by Crippen LogP contribution is 2.15. The van der Waals surface area contributed by atoms with Gasteiger partial charge in [-0.3, -0.25) is 4.79 Å². The van der Waals surface area contributed by atoms with Crippen molar-refractivity contribution in [2.45, 2.75) is 33.1 Å². The van der Waals surface area contributed by atoms with Crippen molar-refractivity contribution in [2.75, 3.05) is 0 Å². The lowest BCUT2D eigenvalue weighted by Crippen LogP contribution is -2.02. The molecule has 0 saturated carbocycles. The molecule has 1 aromatic carbocycles. The minimum Gasteiger partial charge on any atom is -0.289 e. The molecule has 0 unspecified atom stereocenters. The van der Waals surface area contributed by atoms with Gasteiger partial charge in [-0.2, -0.15) is 0 Å². The SMILES string of the molecule is CCC.O=C(C1=CCCC=C1)c1ccccc1. The van der Waals surface area contributed by atoms with E-state index in [-0.39, 0.29) is 5.78 Å². The second kappa shape index (κ2) is 7.61. The van der Waals surface area contributed by atoms with Crippen LogP contribution in [0.15, 0.2) is 54.1 Å².